The lowest BCUT2D eigenvalue weighted by atomic mass is 9.87. The highest BCUT2D eigenvalue weighted by atomic mass is 16.1. The number of nitrogens with one attached hydrogen (secondary N) is 1. The van der Waals surface area contributed by atoms with Gasteiger partial charge in [-0.3, -0.25) is 4.79 Å². The normalized spacial score (nSPS) is 11.6. The fraction of sp³-hybridized carbons (Fsp3) is 0.409. The van der Waals surface area contributed by atoms with Crippen LogP contribution in [-0.2, 0) is 12.0 Å². The molecule has 0 aliphatic rings. The second kappa shape index (κ2) is 8.82. The van der Waals surface area contributed by atoms with Gasteiger partial charge >= 0.3 is 0 Å². The van der Waals surface area contributed by atoms with Gasteiger partial charge < -0.3 is 10.2 Å². The van der Waals surface area contributed by atoms with E-state index < -0.39 is 0 Å². The van der Waals surface area contributed by atoms with Crippen molar-refractivity contribution >= 4 is 5.91 Å². The van der Waals surface area contributed by atoms with Gasteiger partial charge in [0, 0.05) is 18.7 Å². The van der Waals surface area contributed by atoms with Gasteiger partial charge in [-0.05, 0) is 48.7 Å². The van der Waals surface area contributed by atoms with E-state index in [2.05, 4.69) is 62.3 Å². The molecule has 0 bridgehead atoms. The Labute approximate surface area is 152 Å². The second-order valence-electron chi connectivity index (χ2n) is 7.66. The van der Waals surface area contributed by atoms with Crippen LogP contribution in [0.3, 0.4) is 0 Å². The van der Waals surface area contributed by atoms with Crippen LogP contribution < -0.4 is 5.32 Å². The van der Waals surface area contributed by atoms with Crippen LogP contribution in [0.25, 0.3) is 0 Å². The summed E-state index contributed by atoms with van der Waals surface area (Å²) in [7, 11) is 2.11. The van der Waals surface area contributed by atoms with Crippen LogP contribution in [0.2, 0.25) is 0 Å². The van der Waals surface area contributed by atoms with Crippen molar-refractivity contribution in [2.45, 2.75) is 39.2 Å². The number of carbonyl (C=O) groups excluding carboxylic acids is 1. The highest BCUT2D eigenvalue weighted by molar-refractivity contribution is 5.94. The first-order valence-electron chi connectivity index (χ1n) is 8.97. The maximum Gasteiger partial charge on any atom is 0.251 e. The van der Waals surface area contributed by atoms with Gasteiger partial charge in [0.1, 0.15) is 0 Å². The molecule has 2 aromatic carbocycles. The largest absolute Gasteiger partial charge is 0.352 e. The molecule has 2 rings (SSSR count). The van der Waals surface area contributed by atoms with Crippen LogP contribution in [0, 0.1) is 0 Å². The molecule has 3 heteroatoms. The Morgan fingerprint density at radius 1 is 1.00 bits per heavy atom. The lowest BCUT2D eigenvalue weighted by molar-refractivity contribution is 0.0952. The Hall–Kier alpha value is -2.13. The van der Waals surface area contributed by atoms with Crippen molar-refractivity contribution in [3.05, 3.63) is 71.3 Å². The number of carbonyl (C=O) groups is 1. The monoisotopic (exact) mass is 338 g/mol. The lowest BCUT2D eigenvalue weighted by Crippen LogP contribution is -2.28. The summed E-state index contributed by atoms with van der Waals surface area (Å²) in [5.41, 5.74) is 3.39. The van der Waals surface area contributed by atoms with E-state index in [0.717, 1.165) is 25.1 Å². The third-order valence-electron chi connectivity index (χ3n) is 4.31. The van der Waals surface area contributed by atoms with E-state index in [1.807, 2.05) is 30.3 Å². The summed E-state index contributed by atoms with van der Waals surface area (Å²) in [6, 6.07) is 18.4. The van der Waals surface area contributed by atoms with Crippen LogP contribution >= 0.6 is 0 Å². The topological polar surface area (TPSA) is 32.3 Å². The van der Waals surface area contributed by atoms with Crippen LogP contribution in [0.4, 0.5) is 0 Å². The summed E-state index contributed by atoms with van der Waals surface area (Å²) in [4.78, 5) is 14.5. The molecule has 134 valence electrons. The van der Waals surface area contributed by atoms with Crippen molar-refractivity contribution in [1.29, 1.82) is 0 Å². The fourth-order valence-corrected chi connectivity index (χ4v) is 2.75. The first-order valence-corrected chi connectivity index (χ1v) is 8.97. The van der Waals surface area contributed by atoms with Crippen molar-refractivity contribution < 1.29 is 4.79 Å². The molecule has 0 saturated carbocycles. The van der Waals surface area contributed by atoms with Crippen molar-refractivity contribution in [2.24, 2.45) is 0 Å². The third-order valence-corrected chi connectivity index (χ3v) is 4.31. The standard InChI is InChI=1S/C22H30N2O/c1-22(2,3)20-13-11-19(12-14-20)21(25)23-15-8-16-24(4)17-18-9-6-5-7-10-18/h5-7,9-14H,8,15-17H2,1-4H3,(H,23,25). The van der Waals surface area contributed by atoms with Crippen LogP contribution in [0.1, 0.15) is 48.7 Å². The van der Waals surface area contributed by atoms with Gasteiger partial charge in [0.15, 0.2) is 0 Å². The van der Waals surface area contributed by atoms with Crippen molar-refractivity contribution in [3.63, 3.8) is 0 Å². The molecule has 1 N–H and O–H groups in total. The minimum absolute atomic E-state index is 0.00571. The maximum atomic E-state index is 12.2. The van der Waals surface area contributed by atoms with Gasteiger partial charge in [0.05, 0.1) is 0 Å². The highest BCUT2D eigenvalue weighted by Crippen LogP contribution is 2.22. The summed E-state index contributed by atoms with van der Waals surface area (Å²) >= 11 is 0. The molecule has 1 amide bonds. The number of amides is 1. The molecule has 3 nitrogen and oxygen atoms in total. The number of hydrogen-bond acceptors (Lipinski definition) is 2. The summed E-state index contributed by atoms with van der Waals surface area (Å²) in [5.74, 6) is 0.00571. The van der Waals surface area contributed by atoms with E-state index in [1.54, 1.807) is 0 Å². The lowest BCUT2D eigenvalue weighted by Gasteiger charge is -2.19. The van der Waals surface area contributed by atoms with Gasteiger partial charge in [0.25, 0.3) is 5.91 Å². The molecule has 0 spiro atoms. The minimum Gasteiger partial charge on any atom is -0.352 e. The fourth-order valence-electron chi connectivity index (χ4n) is 2.75. The zero-order valence-electron chi connectivity index (χ0n) is 15.9. The van der Waals surface area contributed by atoms with Gasteiger partial charge in [-0.1, -0.05) is 63.2 Å². The molecular formula is C22H30N2O. The number of benzene rings is 2. The third kappa shape index (κ3) is 6.35. The second-order valence-corrected chi connectivity index (χ2v) is 7.66. The van der Waals surface area contributed by atoms with E-state index >= 15 is 0 Å². The molecule has 0 fully saturated rings. The molecular weight excluding hydrogens is 308 g/mol. The van der Waals surface area contributed by atoms with Crippen LogP contribution in [0.15, 0.2) is 54.6 Å². The molecule has 2 aromatic rings. The minimum atomic E-state index is 0.00571. The van der Waals surface area contributed by atoms with E-state index in [1.165, 1.54) is 11.1 Å². The summed E-state index contributed by atoms with van der Waals surface area (Å²) < 4.78 is 0. The molecule has 0 atom stereocenters. The van der Waals surface area contributed by atoms with Gasteiger partial charge in [-0.25, -0.2) is 0 Å². The summed E-state index contributed by atoms with van der Waals surface area (Å²) in [6.45, 7) is 9.11. The van der Waals surface area contributed by atoms with Crippen LogP contribution in [0.5, 0.6) is 0 Å². The number of rotatable bonds is 7. The molecule has 0 heterocycles. The first kappa shape index (κ1) is 19.2. The van der Waals surface area contributed by atoms with Gasteiger partial charge in [0.2, 0.25) is 0 Å². The smallest absolute Gasteiger partial charge is 0.251 e. The van der Waals surface area contributed by atoms with E-state index in [0.29, 0.717) is 6.54 Å². The van der Waals surface area contributed by atoms with E-state index in [-0.39, 0.29) is 11.3 Å². The molecule has 0 unspecified atom stereocenters. The molecule has 0 radical (unpaired) electrons. The average Bonchev–Trinajstić information content (AvgIpc) is 2.59. The molecule has 25 heavy (non-hydrogen) atoms. The van der Waals surface area contributed by atoms with E-state index in [4.69, 9.17) is 0 Å². The zero-order valence-corrected chi connectivity index (χ0v) is 15.9. The number of nitrogens with zero attached hydrogens (tertiary/aromatic N) is 1. The van der Waals surface area contributed by atoms with Crippen LogP contribution in [-0.4, -0.2) is 30.9 Å². The SMILES string of the molecule is CN(CCCNC(=O)c1ccc(C(C)(C)C)cc1)Cc1ccccc1. The van der Waals surface area contributed by atoms with Crippen molar-refractivity contribution in [2.75, 3.05) is 20.1 Å². The average molecular weight is 338 g/mol. The Bertz CT molecular complexity index is 657. The Balaban J connectivity index is 1.71. The van der Waals surface area contributed by atoms with Crippen molar-refractivity contribution in [1.82, 2.24) is 10.2 Å². The Morgan fingerprint density at radius 2 is 1.64 bits per heavy atom. The first-order chi connectivity index (χ1) is 11.9. The predicted molar refractivity (Wildman–Crippen MR) is 105 cm³/mol. The van der Waals surface area contributed by atoms with E-state index in [9.17, 15) is 4.79 Å². The molecule has 0 aromatic heterocycles. The Morgan fingerprint density at radius 3 is 2.24 bits per heavy atom. The predicted octanol–water partition coefficient (Wildman–Crippen LogP) is 4.24. The molecule has 0 saturated heterocycles. The Kier molecular flexibility index (Phi) is 6.77. The molecule has 0 aliphatic heterocycles. The van der Waals surface area contributed by atoms with Gasteiger partial charge in [-0.15, -0.1) is 0 Å². The quantitative estimate of drug-likeness (QED) is 0.766. The summed E-state index contributed by atoms with van der Waals surface area (Å²) in [5, 5.41) is 3.01. The molecule has 0 aliphatic carbocycles. The maximum absolute atomic E-state index is 12.2. The van der Waals surface area contributed by atoms with Crippen molar-refractivity contribution in [3.8, 4) is 0 Å². The zero-order chi connectivity index (χ0) is 18.3. The van der Waals surface area contributed by atoms with Gasteiger partial charge in [-0.2, -0.15) is 0 Å². The highest BCUT2D eigenvalue weighted by Gasteiger charge is 2.14. The number of hydrogen-bond donors (Lipinski definition) is 1. The summed E-state index contributed by atoms with van der Waals surface area (Å²) in [6.07, 6.45) is 0.940.